The third-order valence-corrected chi connectivity index (χ3v) is 2.57. The molecule has 5 heteroatoms. The molecule has 0 atom stereocenters. The molecule has 0 aliphatic carbocycles. The molecule has 1 aromatic carbocycles. The normalized spacial score (nSPS) is 11.5. The van der Waals surface area contributed by atoms with Gasteiger partial charge in [-0.1, -0.05) is 12.1 Å². The van der Waals surface area contributed by atoms with E-state index < -0.39 is 11.7 Å². The first-order valence-electron chi connectivity index (χ1n) is 5.21. The van der Waals surface area contributed by atoms with Crippen LogP contribution in [0.3, 0.4) is 0 Å². The van der Waals surface area contributed by atoms with Crippen LogP contribution in [0.1, 0.15) is 35.2 Å². The number of unbranched alkanes of at least 4 members (excludes halogenated alkanes) is 1. The highest BCUT2D eigenvalue weighted by Crippen LogP contribution is 2.29. The maximum atomic E-state index is 12.4. The molecule has 17 heavy (non-hydrogen) atoms. The molecular weight excluding hydrogens is 253 g/mol. The summed E-state index contributed by atoms with van der Waals surface area (Å²) in [7, 11) is 0. The van der Waals surface area contributed by atoms with Gasteiger partial charge in [-0.3, -0.25) is 4.79 Å². The number of alkyl halides is 4. The minimum atomic E-state index is -4.41. The van der Waals surface area contributed by atoms with E-state index in [4.69, 9.17) is 11.6 Å². The molecule has 0 fully saturated rings. The zero-order valence-electron chi connectivity index (χ0n) is 9.06. The highest BCUT2D eigenvalue weighted by molar-refractivity contribution is 6.17. The largest absolute Gasteiger partial charge is 0.416 e. The molecule has 94 valence electrons. The van der Waals surface area contributed by atoms with Crippen LogP contribution in [0.2, 0.25) is 0 Å². The molecule has 0 spiro atoms. The van der Waals surface area contributed by atoms with Crippen molar-refractivity contribution >= 4 is 17.4 Å². The molecule has 0 amide bonds. The van der Waals surface area contributed by atoms with Gasteiger partial charge in [-0.15, -0.1) is 11.6 Å². The van der Waals surface area contributed by atoms with Crippen LogP contribution in [-0.2, 0) is 6.18 Å². The minimum Gasteiger partial charge on any atom is -0.294 e. The summed E-state index contributed by atoms with van der Waals surface area (Å²) in [6, 6.07) is 4.49. The molecule has 0 aliphatic rings. The van der Waals surface area contributed by atoms with Gasteiger partial charge in [-0.05, 0) is 25.0 Å². The number of rotatable bonds is 5. The van der Waals surface area contributed by atoms with Crippen LogP contribution in [0.15, 0.2) is 24.3 Å². The lowest BCUT2D eigenvalue weighted by atomic mass is 10.0. The van der Waals surface area contributed by atoms with Gasteiger partial charge in [0.15, 0.2) is 5.78 Å². The van der Waals surface area contributed by atoms with Gasteiger partial charge in [0.1, 0.15) is 0 Å². The molecule has 0 unspecified atom stereocenters. The summed E-state index contributed by atoms with van der Waals surface area (Å²) < 4.78 is 37.2. The zero-order valence-corrected chi connectivity index (χ0v) is 9.81. The Balaban J connectivity index is 2.74. The Hall–Kier alpha value is -1.03. The predicted octanol–water partition coefficient (Wildman–Crippen LogP) is 4.30. The van der Waals surface area contributed by atoms with Gasteiger partial charge < -0.3 is 0 Å². The molecule has 0 aromatic heterocycles. The van der Waals surface area contributed by atoms with Crippen molar-refractivity contribution in [2.24, 2.45) is 0 Å². The second kappa shape index (κ2) is 6.05. The Labute approximate surface area is 103 Å². The van der Waals surface area contributed by atoms with Gasteiger partial charge in [-0.25, -0.2) is 0 Å². The van der Waals surface area contributed by atoms with Crippen molar-refractivity contribution in [2.45, 2.75) is 25.4 Å². The number of benzene rings is 1. The lowest BCUT2D eigenvalue weighted by molar-refractivity contribution is -0.137. The summed E-state index contributed by atoms with van der Waals surface area (Å²) in [5, 5.41) is 0. The first-order valence-corrected chi connectivity index (χ1v) is 5.75. The highest BCUT2D eigenvalue weighted by atomic mass is 35.5. The highest BCUT2D eigenvalue weighted by Gasteiger charge is 2.30. The molecule has 0 heterocycles. The van der Waals surface area contributed by atoms with Gasteiger partial charge in [-0.2, -0.15) is 13.2 Å². The number of carbonyl (C=O) groups excluding carboxylic acids is 1. The van der Waals surface area contributed by atoms with Gasteiger partial charge in [0.2, 0.25) is 0 Å². The monoisotopic (exact) mass is 264 g/mol. The van der Waals surface area contributed by atoms with E-state index >= 15 is 0 Å². The van der Waals surface area contributed by atoms with Crippen LogP contribution in [0.25, 0.3) is 0 Å². The second-order valence-electron chi connectivity index (χ2n) is 3.65. The summed E-state index contributed by atoms with van der Waals surface area (Å²) in [5.74, 6) is 0.178. The molecule has 1 aromatic rings. The smallest absolute Gasteiger partial charge is 0.294 e. The number of Topliss-reactive ketones (excluding diaryl/α,β-unsaturated/α-hetero) is 1. The molecule has 0 radical (unpaired) electrons. The summed E-state index contributed by atoms with van der Waals surface area (Å²) in [6.07, 6.45) is -2.90. The fourth-order valence-corrected chi connectivity index (χ4v) is 1.58. The Morgan fingerprint density at radius 3 is 2.53 bits per heavy atom. The molecule has 0 saturated carbocycles. The molecule has 0 aliphatic heterocycles. The van der Waals surface area contributed by atoms with Crippen LogP contribution >= 0.6 is 11.6 Å². The van der Waals surface area contributed by atoms with Gasteiger partial charge in [0.25, 0.3) is 0 Å². The Kier molecular flexibility index (Phi) is 5.00. The van der Waals surface area contributed by atoms with Crippen LogP contribution in [0.4, 0.5) is 13.2 Å². The quantitative estimate of drug-likeness (QED) is 0.440. The molecule has 0 saturated heterocycles. The SMILES string of the molecule is O=C(CCCCCl)c1cccc(C(F)(F)F)c1. The van der Waals surface area contributed by atoms with Gasteiger partial charge >= 0.3 is 6.18 Å². The lowest BCUT2D eigenvalue weighted by Crippen LogP contribution is -2.07. The van der Waals surface area contributed by atoms with Gasteiger partial charge in [0, 0.05) is 17.9 Å². The van der Waals surface area contributed by atoms with E-state index in [9.17, 15) is 18.0 Å². The van der Waals surface area contributed by atoms with Crippen LogP contribution in [0, 0.1) is 0 Å². The molecular formula is C12H12ClF3O. The third kappa shape index (κ3) is 4.38. The number of hydrogen-bond acceptors (Lipinski definition) is 1. The molecule has 0 bridgehead atoms. The summed E-state index contributed by atoms with van der Waals surface area (Å²) in [4.78, 5) is 11.6. The second-order valence-corrected chi connectivity index (χ2v) is 4.03. The van der Waals surface area contributed by atoms with Crippen molar-refractivity contribution in [2.75, 3.05) is 5.88 Å². The predicted molar refractivity (Wildman–Crippen MR) is 60.3 cm³/mol. The maximum absolute atomic E-state index is 12.4. The van der Waals surface area contributed by atoms with Crippen molar-refractivity contribution in [3.63, 3.8) is 0 Å². The average molecular weight is 265 g/mol. The number of halogens is 4. The van der Waals surface area contributed by atoms with E-state index in [0.29, 0.717) is 18.7 Å². The van der Waals surface area contributed by atoms with E-state index in [1.54, 1.807) is 0 Å². The average Bonchev–Trinajstić information content (AvgIpc) is 2.28. The Bertz CT molecular complexity index is 388. The van der Waals surface area contributed by atoms with E-state index in [1.807, 2.05) is 0 Å². The molecule has 1 rings (SSSR count). The van der Waals surface area contributed by atoms with Crippen molar-refractivity contribution in [3.05, 3.63) is 35.4 Å². The maximum Gasteiger partial charge on any atom is 0.416 e. The van der Waals surface area contributed by atoms with Crippen LogP contribution in [0.5, 0.6) is 0 Å². The van der Waals surface area contributed by atoms with Gasteiger partial charge in [0.05, 0.1) is 5.56 Å². The topological polar surface area (TPSA) is 17.1 Å². The first kappa shape index (κ1) is 14.0. The number of hydrogen-bond donors (Lipinski definition) is 0. The summed E-state index contributed by atoms with van der Waals surface area (Å²) in [5.41, 5.74) is -0.685. The first-order chi connectivity index (χ1) is 7.95. The fraction of sp³-hybridized carbons (Fsp3) is 0.417. The van der Waals surface area contributed by atoms with E-state index in [-0.39, 0.29) is 17.8 Å². The number of ketones is 1. The van der Waals surface area contributed by atoms with E-state index in [0.717, 1.165) is 12.1 Å². The number of carbonyl (C=O) groups is 1. The Morgan fingerprint density at radius 1 is 1.24 bits per heavy atom. The summed E-state index contributed by atoms with van der Waals surface area (Å²) >= 11 is 5.46. The van der Waals surface area contributed by atoms with Crippen molar-refractivity contribution in [1.29, 1.82) is 0 Å². The lowest BCUT2D eigenvalue weighted by Gasteiger charge is -2.08. The van der Waals surface area contributed by atoms with Crippen LogP contribution < -0.4 is 0 Å². The van der Waals surface area contributed by atoms with Crippen molar-refractivity contribution < 1.29 is 18.0 Å². The Morgan fingerprint density at radius 2 is 1.94 bits per heavy atom. The fourth-order valence-electron chi connectivity index (χ4n) is 1.39. The minimum absolute atomic E-state index is 0.106. The zero-order chi connectivity index (χ0) is 12.9. The summed E-state index contributed by atoms with van der Waals surface area (Å²) in [6.45, 7) is 0. The van der Waals surface area contributed by atoms with Crippen LogP contribution in [-0.4, -0.2) is 11.7 Å². The third-order valence-electron chi connectivity index (χ3n) is 2.30. The van der Waals surface area contributed by atoms with E-state index in [2.05, 4.69) is 0 Å². The molecule has 1 nitrogen and oxygen atoms in total. The van der Waals surface area contributed by atoms with E-state index in [1.165, 1.54) is 12.1 Å². The molecule has 0 N–H and O–H groups in total. The van der Waals surface area contributed by atoms with Crippen molar-refractivity contribution in [3.8, 4) is 0 Å². The standard InChI is InChI=1S/C12H12ClF3O/c13-7-2-1-6-11(17)9-4-3-5-10(8-9)12(14,15)16/h3-5,8H,1-2,6-7H2. The van der Waals surface area contributed by atoms with Crippen molar-refractivity contribution in [1.82, 2.24) is 0 Å².